The Labute approximate surface area is 160 Å². The molecular weight excluding hydrogens is 408 g/mol. The molecule has 0 aliphatic rings. The summed E-state index contributed by atoms with van der Waals surface area (Å²) in [4.78, 5) is 3.07. The summed E-state index contributed by atoms with van der Waals surface area (Å²) in [6, 6.07) is 2.63. The molecule has 2 rings (SSSR count). The first-order valence-electron chi connectivity index (χ1n) is 7.98. The van der Waals surface area contributed by atoms with E-state index in [-0.39, 0.29) is 23.5 Å². The van der Waals surface area contributed by atoms with Crippen molar-refractivity contribution in [3.8, 4) is 0 Å². The van der Waals surface area contributed by atoms with Gasteiger partial charge in [-0.3, -0.25) is 0 Å². The van der Waals surface area contributed by atoms with Crippen LogP contribution in [0.3, 0.4) is 0 Å². The fourth-order valence-electron chi connectivity index (χ4n) is 2.09. The molecule has 2 heterocycles. The lowest BCUT2D eigenvalue weighted by atomic mass is 10.2. The molecule has 0 unspecified atom stereocenters. The molecule has 0 saturated carbocycles. The topological polar surface area (TPSA) is 73.9 Å². The number of fused-ring (bicyclic) bond motifs is 1. The standard InChI is InChI=1S/C16H15F6N5O2/c1-4-29-16(21,22)14-25-24-12-6-5-11(26-27(12)14)9(2)7-10(17)13(23-3)28-8-15(18,19)20/h5-7H,3-4,8H2,1-2H3/b9-7+,13-10-. The van der Waals surface area contributed by atoms with Crippen molar-refractivity contribution in [3.63, 3.8) is 0 Å². The van der Waals surface area contributed by atoms with Crippen LogP contribution in [0.5, 0.6) is 0 Å². The van der Waals surface area contributed by atoms with Gasteiger partial charge in [-0.2, -0.15) is 31.6 Å². The van der Waals surface area contributed by atoms with Gasteiger partial charge in [-0.05, 0) is 44.3 Å². The van der Waals surface area contributed by atoms with Gasteiger partial charge in [-0.1, -0.05) is 0 Å². The van der Waals surface area contributed by atoms with E-state index in [0.717, 1.165) is 10.6 Å². The van der Waals surface area contributed by atoms with Crippen LogP contribution < -0.4 is 0 Å². The zero-order valence-electron chi connectivity index (χ0n) is 15.2. The summed E-state index contributed by atoms with van der Waals surface area (Å²) in [5.41, 5.74) is 0.0645. The number of halogens is 6. The first-order chi connectivity index (χ1) is 13.5. The Hall–Kier alpha value is -2.96. The predicted molar refractivity (Wildman–Crippen MR) is 89.6 cm³/mol. The zero-order valence-corrected chi connectivity index (χ0v) is 15.2. The fraction of sp³-hybridized carbons (Fsp3) is 0.375. The van der Waals surface area contributed by atoms with E-state index in [9.17, 15) is 26.3 Å². The van der Waals surface area contributed by atoms with Crippen LogP contribution in [0.25, 0.3) is 11.2 Å². The Kier molecular flexibility index (Phi) is 6.62. The van der Waals surface area contributed by atoms with E-state index in [1.54, 1.807) is 0 Å². The summed E-state index contributed by atoms with van der Waals surface area (Å²) in [6.07, 6.45) is -7.69. The maximum Gasteiger partial charge on any atom is 0.422 e. The Morgan fingerprint density at radius 1 is 1.24 bits per heavy atom. The lowest BCUT2D eigenvalue weighted by Gasteiger charge is -2.13. The van der Waals surface area contributed by atoms with Crippen molar-refractivity contribution in [3.05, 3.63) is 41.4 Å². The molecule has 2 aromatic heterocycles. The highest BCUT2D eigenvalue weighted by Crippen LogP contribution is 2.28. The summed E-state index contributed by atoms with van der Waals surface area (Å²) in [7, 11) is 0. The molecule has 0 amide bonds. The van der Waals surface area contributed by atoms with Crippen molar-refractivity contribution in [2.24, 2.45) is 4.99 Å². The number of aromatic nitrogens is 4. The molecule has 7 nitrogen and oxygen atoms in total. The van der Waals surface area contributed by atoms with Crippen LogP contribution in [0, 0.1) is 0 Å². The number of ether oxygens (including phenoxy) is 2. The van der Waals surface area contributed by atoms with Crippen LogP contribution in [0.15, 0.2) is 34.9 Å². The second kappa shape index (κ2) is 8.59. The lowest BCUT2D eigenvalue weighted by molar-refractivity contribution is -0.252. The van der Waals surface area contributed by atoms with E-state index in [1.807, 2.05) is 0 Å². The van der Waals surface area contributed by atoms with Gasteiger partial charge in [0.25, 0.3) is 5.82 Å². The third-order valence-electron chi connectivity index (χ3n) is 3.32. The quantitative estimate of drug-likeness (QED) is 0.277. The van der Waals surface area contributed by atoms with Crippen LogP contribution in [0.2, 0.25) is 0 Å². The maximum atomic E-state index is 14.2. The SMILES string of the molecule is C=N/C(OCC(F)(F)F)=C(F)\C=C(/C)c1ccc2nnc(C(F)(F)OCC)n2n1. The van der Waals surface area contributed by atoms with E-state index in [4.69, 9.17) is 0 Å². The third kappa shape index (κ3) is 5.53. The van der Waals surface area contributed by atoms with Gasteiger partial charge < -0.3 is 9.47 Å². The van der Waals surface area contributed by atoms with Gasteiger partial charge in [0.15, 0.2) is 18.1 Å². The van der Waals surface area contributed by atoms with Crippen molar-refractivity contribution in [2.75, 3.05) is 13.2 Å². The average molecular weight is 423 g/mol. The molecule has 0 N–H and O–H groups in total. The highest BCUT2D eigenvalue weighted by molar-refractivity contribution is 5.63. The molecule has 0 atom stereocenters. The number of nitrogens with zero attached hydrogens (tertiary/aromatic N) is 5. The molecule has 13 heteroatoms. The summed E-state index contributed by atoms with van der Waals surface area (Å²) in [5, 5.41) is 10.8. The minimum Gasteiger partial charge on any atom is -0.466 e. The molecule has 0 fully saturated rings. The smallest absolute Gasteiger partial charge is 0.422 e. The molecule has 0 aromatic carbocycles. The molecule has 158 valence electrons. The minimum absolute atomic E-state index is 0.0141. The number of allylic oxidation sites excluding steroid dienone is 3. The predicted octanol–water partition coefficient (Wildman–Crippen LogP) is 4.03. The highest BCUT2D eigenvalue weighted by Gasteiger charge is 2.39. The number of alkyl halides is 5. The zero-order chi connectivity index (χ0) is 21.8. The van der Waals surface area contributed by atoms with Gasteiger partial charge >= 0.3 is 12.3 Å². The fourth-order valence-corrected chi connectivity index (χ4v) is 2.09. The van der Waals surface area contributed by atoms with Gasteiger partial charge in [0, 0.05) is 0 Å². The van der Waals surface area contributed by atoms with Crippen molar-refractivity contribution < 1.29 is 35.8 Å². The third-order valence-corrected chi connectivity index (χ3v) is 3.32. The van der Waals surface area contributed by atoms with Crippen molar-refractivity contribution in [1.82, 2.24) is 19.8 Å². The Bertz CT molecular complexity index is 951. The number of hydrogen-bond donors (Lipinski definition) is 0. The van der Waals surface area contributed by atoms with E-state index >= 15 is 0 Å². The van der Waals surface area contributed by atoms with Crippen molar-refractivity contribution >= 4 is 17.9 Å². The molecule has 0 bridgehead atoms. The van der Waals surface area contributed by atoms with Crippen LogP contribution in [-0.4, -0.2) is 45.9 Å². The summed E-state index contributed by atoms with van der Waals surface area (Å²) in [5.74, 6) is -3.12. The van der Waals surface area contributed by atoms with Crippen LogP contribution in [0.4, 0.5) is 26.3 Å². The molecule has 0 radical (unpaired) electrons. The van der Waals surface area contributed by atoms with Crippen LogP contribution in [-0.2, 0) is 15.6 Å². The van der Waals surface area contributed by atoms with Crippen molar-refractivity contribution in [1.29, 1.82) is 0 Å². The number of aliphatic imine (C=N–C) groups is 1. The second-order valence-electron chi connectivity index (χ2n) is 5.50. The highest BCUT2D eigenvalue weighted by atomic mass is 19.4. The summed E-state index contributed by atoms with van der Waals surface area (Å²) >= 11 is 0. The van der Waals surface area contributed by atoms with E-state index in [2.05, 4.69) is 36.5 Å². The number of rotatable bonds is 8. The van der Waals surface area contributed by atoms with Crippen LogP contribution >= 0.6 is 0 Å². The van der Waals surface area contributed by atoms with E-state index in [1.165, 1.54) is 26.0 Å². The number of hydrogen-bond acceptors (Lipinski definition) is 6. The molecule has 0 saturated heterocycles. The second-order valence-corrected chi connectivity index (χ2v) is 5.50. The Morgan fingerprint density at radius 3 is 2.52 bits per heavy atom. The van der Waals surface area contributed by atoms with E-state index in [0.29, 0.717) is 0 Å². The molecule has 0 aliphatic carbocycles. The lowest BCUT2D eigenvalue weighted by Crippen LogP contribution is -2.22. The Balaban J connectivity index is 2.40. The molecule has 0 spiro atoms. The van der Waals surface area contributed by atoms with Gasteiger partial charge in [0.05, 0.1) is 12.3 Å². The minimum atomic E-state index is -4.70. The first-order valence-corrected chi connectivity index (χ1v) is 7.98. The summed E-state index contributed by atoms with van der Waals surface area (Å²) < 4.78 is 88.1. The first kappa shape index (κ1) is 22.3. The molecule has 0 aliphatic heterocycles. The van der Waals surface area contributed by atoms with Crippen LogP contribution in [0.1, 0.15) is 25.4 Å². The van der Waals surface area contributed by atoms with Crippen molar-refractivity contribution in [2.45, 2.75) is 26.1 Å². The monoisotopic (exact) mass is 423 g/mol. The normalized spacial score (nSPS) is 14.1. The van der Waals surface area contributed by atoms with Gasteiger partial charge in [-0.15, -0.1) is 10.2 Å². The average Bonchev–Trinajstić information content (AvgIpc) is 3.05. The molecule has 29 heavy (non-hydrogen) atoms. The molecular formula is C16H15F6N5O2. The largest absolute Gasteiger partial charge is 0.466 e. The van der Waals surface area contributed by atoms with Gasteiger partial charge in [0.1, 0.15) is 0 Å². The summed E-state index contributed by atoms with van der Waals surface area (Å²) in [6.45, 7) is 3.60. The van der Waals surface area contributed by atoms with E-state index < -0.39 is 36.4 Å². The molecule has 2 aromatic rings. The van der Waals surface area contributed by atoms with Gasteiger partial charge in [0.2, 0.25) is 5.88 Å². The van der Waals surface area contributed by atoms with Gasteiger partial charge in [-0.25, -0.2) is 9.38 Å². The maximum absolute atomic E-state index is 14.2. The Morgan fingerprint density at radius 2 is 1.93 bits per heavy atom.